The van der Waals surface area contributed by atoms with Crippen LogP contribution in [0.5, 0.6) is 5.75 Å². The van der Waals surface area contributed by atoms with Crippen LogP contribution in [-0.4, -0.2) is 16.0 Å². The molecule has 6 heteroatoms. The molecule has 0 saturated carbocycles. The van der Waals surface area contributed by atoms with Gasteiger partial charge in [-0.05, 0) is 30.3 Å². The van der Waals surface area contributed by atoms with Gasteiger partial charge in [-0.25, -0.2) is 4.98 Å². The van der Waals surface area contributed by atoms with Gasteiger partial charge in [-0.1, -0.05) is 23.2 Å². The third-order valence-corrected chi connectivity index (χ3v) is 2.82. The van der Waals surface area contributed by atoms with Gasteiger partial charge in [-0.15, -0.1) is 0 Å². The maximum Gasteiger partial charge on any atom is 0.255 e. The van der Waals surface area contributed by atoms with E-state index in [0.29, 0.717) is 11.3 Å². The van der Waals surface area contributed by atoms with E-state index in [0.717, 1.165) is 0 Å². The summed E-state index contributed by atoms with van der Waals surface area (Å²) in [6.45, 7) is 0. The van der Waals surface area contributed by atoms with Crippen molar-refractivity contribution in [2.24, 2.45) is 0 Å². The zero-order valence-electron chi connectivity index (χ0n) is 9.02. The average molecular weight is 283 g/mol. The molecule has 1 aromatic heterocycles. The number of rotatable bonds is 2. The molecule has 0 bridgehead atoms. The molecule has 0 aliphatic rings. The predicted molar refractivity (Wildman–Crippen MR) is 70.3 cm³/mol. The maximum absolute atomic E-state index is 11.9. The van der Waals surface area contributed by atoms with Crippen LogP contribution in [0.2, 0.25) is 10.2 Å². The van der Waals surface area contributed by atoms with Crippen LogP contribution in [-0.2, 0) is 0 Å². The lowest BCUT2D eigenvalue weighted by Gasteiger charge is -2.06. The molecular formula is C12H8Cl2N2O2. The molecule has 4 nitrogen and oxygen atoms in total. The fourth-order valence-corrected chi connectivity index (χ4v) is 1.67. The van der Waals surface area contributed by atoms with Crippen LogP contribution in [0.4, 0.5) is 5.69 Å². The highest BCUT2D eigenvalue weighted by Crippen LogP contribution is 2.24. The fraction of sp³-hybridized carbons (Fsp3) is 0. The minimum absolute atomic E-state index is 0.0763. The van der Waals surface area contributed by atoms with E-state index in [9.17, 15) is 9.90 Å². The summed E-state index contributed by atoms with van der Waals surface area (Å²) in [6, 6.07) is 7.47. The first-order valence-corrected chi connectivity index (χ1v) is 5.74. The van der Waals surface area contributed by atoms with E-state index in [4.69, 9.17) is 23.2 Å². The summed E-state index contributed by atoms with van der Waals surface area (Å²) in [7, 11) is 0. The summed E-state index contributed by atoms with van der Waals surface area (Å²) in [6.07, 6.45) is 1.52. The second-order valence-corrected chi connectivity index (χ2v) is 4.23. The van der Waals surface area contributed by atoms with Gasteiger partial charge in [0, 0.05) is 11.8 Å². The third-order valence-electron chi connectivity index (χ3n) is 2.22. The molecule has 2 rings (SSSR count). The van der Waals surface area contributed by atoms with Gasteiger partial charge in [0.05, 0.1) is 10.7 Å². The van der Waals surface area contributed by atoms with Crippen molar-refractivity contribution in [3.63, 3.8) is 0 Å². The molecule has 1 heterocycles. The van der Waals surface area contributed by atoms with E-state index in [-0.39, 0.29) is 21.8 Å². The first kappa shape index (κ1) is 12.7. The molecule has 0 saturated heterocycles. The first-order valence-electron chi connectivity index (χ1n) is 4.98. The minimum Gasteiger partial charge on any atom is -0.506 e. The zero-order chi connectivity index (χ0) is 13.1. The smallest absolute Gasteiger partial charge is 0.255 e. The lowest BCUT2D eigenvalue weighted by atomic mass is 10.2. The van der Waals surface area contributed by atoms with Crippen LogP contribution in [0, 0.1) is 0 Å². The second-order valence-electron chi connectivity index (χ2n) is 3.46. The number of pyridine rings is 1. The van der Waals surface area contributed by atoms with Gasteiger partial charge in [0.15, 0.2) is 5.15 Å². The van der Waals surface area contributed by atoms with Gasteiger partial charge in [-0.2, -0.15) is 0 Å². The highest BCUT2D eigenvalue weighted by atomic mass is 35.5. The van der Waals surface area contributed by atoms with E-state index in [1.54, 1.807) is 12.1 Å². The van der Waals surface area contributed by atoms with Crippen molar-refractivity contribution in [3.8, 4) is 5.75 Å². The highest BCUT2D eigenvalue weighted by molar-refractivity contribution is 6.33. The number of aromatic hydroxyl groups is 1. The molecule has 0 aliphatic carbocycles. The fourth-order valence-electron chi connectivity index (χ4n) is 1.32. The molecule has 0 atom stereocenters. The highest BCUT2D eigenvalue weighted by Gasteiger charge is 2.10. The second kappa shape index (κ2) is 5.25. The normalized spacial score (nSPS) is 10.1. The Bertz CT molecular complexity index is 602. The van der Waals surface area contributed by atoms with Gasteiger partial charge in [0.1, 0.15) is 5.75 Å². The molecule has 18 heavy (non-hydrogen) atoms. The number of phenols is 1. The molecule has 92 valence electrons. The number of amides is 1. The number of benzene rings is 1. The van der Waals surface area contributed by atoms with Crippen LogP contribution in [0.15, 0.2) is 36.5 Å². The number of aromatic nitrogens is 1. The van der Waals surface area contributed by atoms with Crippen molar-refractivity contribution < 1.29 is 9.90 Å². The first-order chi connectivity index (χ1) is 8.58. The quantitative estimate of drug-likeness (QED) is 0.831. The standard InChI is InChI=1S/C12H8Cl2N2O2/c13-8-6-7(3-4-10(8)17)12(18)16-9-2-1-5-15-11(9)14/h1-6,17H,(H,16,18). The molecule has 2 aromatic rings. The summed E-state index contributed by atoms with van der Waals surface area (Å²) >= 11 is 11.5. The summed E-state index contributed by atoms with van der Waals surface area (Å²) < 4.78 is 0. The van der Waals surface area contributed by atoms with E-state index in [2.05, 4.69) is 10.3 Å². The Morgan fingerprint density at radius 3 is 2.72 bits per heavy atom. The van der Waals surface area contributed by atoms with Crippen molar-refractivity contribution >= 4 is 34.8 Å². The largest absolute Gasteiger partial charge is 0.506 e. The van der Waals surface area contributed by atoms with Crippen LogP contribution >= 0.6 is 23.2 Å². The molecule has 0 unspecified atom stereocenters. The SMILES string of the molecule is O=C(Nc1cccnc1Cl)c1ccc(O)c(Cl)c1. The molecule has 1 aromatic carbocycles. The number of phenolic OH excluding ortho intramolecular Hbond substituents is 1. The van der Waals surface area contributed by atoms with Crippen molar-refractivity contribution in [2.45, 2.75) is 0 Å². The number of carbonyl (C=O) groups excluding carboxylic acids is 1. The van der Waals surface area contributed by atoms with Crippen LogP contribution in [0.3, 0.4) is 0 Å². The number of hydrogen-bond donors (Lipinski definition) is 2. The Hall–Kier alpha value is -1.78. The number of nitrogens with zero attached hydrogens (tertiary/aromatic N) is 1. The number of carbonyl (C=O) groups is 1. The van der Waals surface area contributed by atoms with E-state index >= 15 is 0 Å². The molecule has 1 amide bonds. The molecule has 0 radical (unpaired) electrons. The summed E-state index contributed by atoms with van der Waals surface area (Å²) in [4.78, 5) is 15.7. The Balaban J connectivity index is 2.22. The lowest BCUT2D eigenvalue weighted by molar-refractivity contribution is 0.102. The van der Waals surface area contributed by atoms with Crippen molar-refractivity contribution in [2.75, 3.05) is 5.32 Å². The summed E-state index contributed by atoms with van der Waals surface area (Å²) in [5, 5.41) is 12.2. The maximum atomic E-state index is 11.9. The molecule has 0 spiro atoms. The van der Waals surface area contributed by atoms with Crippen LogP contribution < -0.4 is 5.32 Å². The molecule has 2 N–H and O–H groups in total. The Morgan fingerprint density at radius 2 is 2.06 bits per heavy atom. The van der Waals surface area contributed by atoms with Crippen molar-refractivity contribution in [1.29, 1.82) is 0 Å². The number of hydrogen-bond acceptors (Lipinski definition) is 3. The lowest BCUT2D eigenvalue weighted by Crippen LogP contribution is -2.12. The van der Waals surface area contributed by atoms with E-state index < -0.39 is 0 Å². The number of halogens is 2. The predicted octanol–water partition coefficient (Wildman–Crippen LogP) is 3.35. The Labute approximate surface area is 113 Å². The van der Waals surface area contributed by atoms with Gasteiger partial charge < -0.3 is 10.4 Å². The third kappa shape index (κ3) is 2.72. The molecule has 0 aliphatic heterocycles. The van der Waals surface area contributed by atoms with Crippen molar-refractivity contribution in [3.05, 3.63) is 52.3 Å². The number of anilines is 1. The number of nitrogens with one attached hydrogen (secondary N) is 1. The van der Waals surface area contributed by atoms with E-state index in [1.165, 1.54) is 24.4 Å². The Kier molecular flexibility index (Phi) is 3.69. The summed E-state index contributed by atoms with van der Waals surface area (Å²) in [5.41, 5.74) is 0.728. The van der Waals surface area contributed by atoms with Crippen molar-refractivity contribution in [1.82, 2.24) is 4.98 Å². The van der Waals surface area contributed by atoms with Crippen LogP contribution in [0.25, 0.3) is 0 Å². The monoisotopic (exact) mass is 282 g/mol. The topological polar surface area (TPSA) is 62.2 Å². The minimum atomic E-state index is -0.383. The van der Waals surface area contributed by atoms with Gasteiger partial charge in [-0.3, -0.25) is 4.79 Å². The molecule has 0 fully saturated rings. The molecular weight excluding hydrogens is 275 g/mol. The Morgan fingerprint density at radius 1 is 1.28 bits per heavy atom. The van der Waals surface area contributed by atoms with Crippen LogP contribution in [0.1, 0.15) is 10.4 Å². The van der Waals surface area contributed by atoms with E-state index in [1.807, 2.05) is 0 Å². The van der Waals surface area contributed by atoms with Gasteiger partial charge >= 0.3 is 0 Å². The van der Waals surface area contributed by atoms with Gasteiger partial charge in [0.2, 0.25) is 0 Å². The van der Waals surface area contributed by atoms with Gasteiger partial charge in [0.25, 0.3) is 5.91 Å². The summed E-state index contributed by atoms with van der Waals surface area (Å²) in [5.74, 6) is -0.459. The average Bonchev–Trinajstić information content (AvgIpc) is 2.35. The zero-order valence-corrected chi connectivity index (χ0v) is 10.5.